The number of morpholine rings is 1. The summed E-state index contributed by atoms with van der Waals surface area (Å²) in [6, 6.07) is 8.65. The minimum absolute atomic E-state index is 0.0463. The van der Waals surface area contributed by atoms with Gasteiger partial charge in [0.25, 0.3) is 0 Å². The second kappa shape index (κ2) is 5.61. The van der Waals surface area contributed by atoms with Crippen LogP contribution in [0, 0.1) is 0 Å². The number of nitrogens with zero attached hydrogens (tertiary/aromatic N) is 1. The molecule has 1 heterocycles. The van der Waals surface area contributed by atoms with Crippen molar-refractivity contribution >= 4 is 6.03 Å². The molecule has 1 atom stereocenters. The Bertz CT molecular complexity index is 455. The zero-order valence-corrected chi connectivity index (χ0v) is 11.1. The molecule has 1 aromatic rings. The number of fused-ring (bicyclic) bond motifs is 1. The van der Waals surface area contributed by atoms with Gasteiger partial charge in [-0.25, -0.2) is 4.79 Å². The normalized spacial score (nSPS) is 22.7. The Morgan fingerprint density at radius 3 is 2.89 bits per heavy atom. The summed E-state index contributed by atoms with van der Waals surface area (Å²) in [6.45, 7) is 2.68. The molecule has 1 N–H and O–H groups in total. The molecule has 1 unspecified atom stereocenters. The van der Waals surface area contributed by atoms with E-state index >= 15 is 0 Å². The molecule has 4 nitrogen and oxygen atoms in total. The van der Waals surface area contributed by atoms with E-state index in [1.807, 2.05) is 4.90 Å². The van der Waals surface area contributed by atoms with Crippen molar-refractivity contribution in [2.45, 2.75) is 25.3 Å². The smallest absolute Gasteiger partial charge is 0.318 e. The summed E-state index contributed by atoms with van der Waals surface area (Å²) in [7, 11) is 0. The highest BCUT2D eigenvalue weighted by atomic mass is 16.5. The third-order valence-corrected chi connectivity index (χ3v) is 3.97. The Kier molecular flexibility index (Phi) is 3.69. The fourth-order valence-corrected chi connectivity index (χ4v) is 2.91. The summed E-state index contributed by atoms with van der Waals surface area (Å²) in [5, 5.41) is 3.18. The highest BCUT2D eigenvalue weighted by molar-refractivity contribution is 5.75. The molecule has 0 bridgehead atoms. The lowest BCUT2D eigenvalue weighted by molar-refractivity contribution is 0.0523. The van der Waals surface area contributed by atoms with Gasteiger partial charge in [0.2, 0.25) is 0 Å². The molecule has 0 spiro atoms. The first-order valence-corrected chi connectivity index (χ1v) is 7.05. The van der Waals surface area contributed by atoms with E-state index in [-0.39, 0.29) is 12.1 Å². The molecule has 0 radical (unpaired) electrons. The highest BCUT2D eigenvalue weighted by Gasteiger charge is 2.24. The van der Waals surface area contributed by atoms with Crippen LogP contribution >= 0.6 is 0 Å². The van der Waals surface area contributed by atoms with E-state index in [0.717, 1.165) is 19.3 Å². The van der Waals surface area contributed by atoms with Crippen LogP contribution in [0.3, 0.4) is 0 Å². The van der Waals surface area contributed by atoms with Crippen LogP contribution < -0.4 is 5.32 Å². The monoisotopic (exact) mass is 260 g/mol. The number of ether oxygens (including phenoxy) is 1. The summed E-state index contributed by atoms with van der Waals surface area (Å²) in [5.41, 5.74) is 2.66. The zero-order chi connectivity index (χ0) is 13.1. The lowest BCUT2D eigenvalue weighted by Gasteiger charge is -2.31. The van der Waals surface area contributed by atoms with E-state index in [2.05, 4.69) is 29.6 Å². The van der Waals surface area contributed by atoms with Gasteiger partial charge in [0.15, 0.2) is 0 Å². The molecule has 1 aromatic carbocycles. The van der Waals surface area contributed by atoms with Gasteiger partial charge >= 0.3 is 6.03 Å². The largest absolute Gasteiger partial charge is 0.378 e. The third kappa shape index (κ3) is 2.73. The molecular weight excluding hydrogens is 240 g/mol. The van der Waals surface area contributed by atoms with Gasteiger partial charge in [-0.3, -0.25) is 0 Å². The Morgan fingerprint density at radius 2 is 2.05 bits per heavy atom. The minimum Gasteiger partial charge on any atom is -0.378 e. The van der Waals surface area contributed by atoms with Crippen LogP contribution in [0.1, 0.15) is 30.0 Å². The van der Waals surface area contributed by atoms with Crippen LogP contribution in [0.2, 0.25) is 0 Å². The number of benzene rings is 1. The summed E-state index contributed by atoms with van der Waals surface area (Å²) in [4.78, 5) is 14.1. The van der Waals surface area contributed by atoms with E-state index in [1.165, 1.54) is 11.1 Å². The summed E-state index contributed by atoms with van der Waals surface area (Å²) in [6.07, 6.45) is 3.30. The van der Waals surface area contributed by atoms with Crippen LogP contribution in [0.25, 0.3) is 0 Å². The summed E-state index contributed by atoms with van der Waals surface area (Å²) >= 11 is 0. The Hall–Kier alpha value is -1.55. The molecule has 102 valence electrons. The van der Waals surface area contributed by atoms with E-state index < -0.39 is 0 Å². The standard InChI is InChI=1S/C15H20N2O2/c18-15(17-8-10-19-11-9-17)16-14-7-3-5-12-4-1-2-6-13(12)14/h1-2,4,6,14H,3,5,7-11H2,(H,16,18). The maximum absolute atomic E-state index is 12.2. The van der Waals surface area contributed by atoms with E-state index in [4.69, 9.17) is 4.74 Å². The van der Waals surface area contributed by atoms with Gasteiger partial charge in [-0.15, -0.1) is 0 Å². The fourth-order valence-electron chi connectivity index (χ4n) is 2.91. The molecule has 1 fully saturated rings. The van der Waals surface area contributed by atoms with Gasteiger partial charge in [-0.05, 0) is 30.4 Å². The summed E-state index contributed by atoms with van der Waals surface area (Å²) < 4.78 is 5.27. The minimum atomic E-state index is 0.0463. The van der Waals surface area contributed by atoms with Gasteiger partial charge in [0.05, 0.1) is 19.3 Å². The van der Waals surface area contributed by atoms with Gasteiger partial charge in [-0.2, -0.15) is 0 Å². The molecule has 4 heteroatoms. The van der Waals surface area contributed by atoms with Gasteiger partial charge < -0.3 is 15.0 Å². The molecule has 0 saturated carbocycles. The molecule has 2 aliphatic rings. The molecule has 1 aliphatic carbocycles. The van der Waals surface area contributed by atoms with Gasteiger partial charge in [0, 0.05) is 13.1 Å². The predicted octanol–water partition coefficient (Wildman–Crippen LogP) is 2.11. The molecule has 2 amide bonds. The van der Waals surface area contributed by atoms with Crippen molar-refractivity contribution in [1.82, 2.24) is 10.2 Å². The van der Waals surface area contributed by atoms with Crippen molar-refractivity contribution in [3.63, 3.8) is 0 Å². The highest BCUT2D eigenvalue weighted by Crippen LogP contribution is 2.29. The van der Waals surface area contributed by atoms with Crippen LogP contribution in [-0.2, 0) is 11.2 Å². The number of hydrogen-bond donors (Lipinski definition) is 1. The number of nitrogens with one attached hydrogen (secondary N) is 1. The van der Waals surface area contributed by atoms with E-state index in [9.17, 15) is 4.79 Å². The Labute approximate surface area is 113 Å². The summed E-state index contributed by atoms with van der Waals surface area (Å²) in [5.74, 6) is 0. The van der Waals surface area contributed by atoms with Crippen LogP contribution in [-0.4, -0.2) is 37.2 Å². The lowest BCUT2D eigenvalue weighted by Crippen LogP contribution is -2.47. The first-order chi connectivity index (χ1) is 9.34. The van der Waals surface area contributed by atoms with Gasteiger partial charge in [-0.1, -0.05) is 24.3 Å². The molecule has 1 aliphatic heterocycles. The molecule has 3 rings (SSSR count). The SMILES string of the molecule is O=C(NC1CCCc2ccccc21)N1CCOCC1. The van der Waals surface area contributed by atoms with Crippen molar-refractivity contribution in [3.8, 4) is 0 Å². The van der Waals surface area contributed by atoms with Crippen molar-refractivity contribution < 1.29 is 9.53 Å². The maximum atomic E-state index is 12.2. The van der Waals surface area contributed by atoms with Crippen molar-refractivity contribution in [2.24, 2.45) is 0 Å². The quantitative estimate of drug-likeness (QED) is 0.840. The number of hydrogen-bond acceptors (Lipinski definition) is 2. The number of aryl methyl sites for hydroxylation is 1. The van der Waals surface area contributed by atoms with Crippen LogP contribution in [0.5, 0.6) is 0 Å². The van der Waals surface area contributed by atoms with E-state index in [1.54, 1.807) is 0 Å². The Balaban J connectivity index is 1.68. The van der Waals surface area contributed by atoms with Crippen molar-refractivity contribution in [1.29, 1.82) is 0 Å². The first-order valence-electron chi connectivity index (χ1n) is 7.05. The van der Waals surface area contributed by atoms with E-state index in [0.29, 0.717) is 26.3 Å². The molecule has 0 aromatic heterocycles. The maximum Gasteiger partial charge on any atom is 0.318 e. The van der Waals surface area contributed by atoms with Gasteiger partial charge in [0.1, 0.15) is 0 Å². The second-order valence-electron chi connectivity index (χ2n) is 5.19. The van der Waals surface area contributed by atoms with Crippen LogP contribution in [0.15, 0.2) is 24.3 Å². The molecule has 1 saturated heterocycles. The predicted molar refractivity (Wildman–Crippen MR) is 73.0 cm³/mol. The molecule has 19 heavy (non-hydrogen) atoms. The van der Waals surface area contributed by atoms with Crippen molar-refractivity contribution in [3.05, 3.63) is 35.4 Å². The topological polar surface area (TPSA) is 41.6 Å². The second-order valence-corrected chi connectivity index (χ2v) is 5.19. The average Bonchev–Trinajstić information content (AvgIpc) is 2.48. The molecular formula is C15H20N2O2. The number of amides is 2. The first kappa shape index (κ1) is 12.5. The van der Waals surface area contributed by atoms with Crippen LogP contribution in [0.4, 0.5) is 4.79 Å². The number of urea groups is 1. The third-order valence-electron chi connectivity index (χ3n) is 3.97. The fraction of sp³-hybridized carbons (Fsp3) is 0.533. The number of carbonyl (C=O) groups is 1. The number of rotatable bonds is 1. The Morgan fingerprint density at radius 1 is 1.26 bits per heavy atom. The number of carbonyl (C=O) groups excluding carboxylic acids is 1. The zero-order valence-electron chi connectivity index (χ0n) is 11.1. The lowest BCUT2D eigenvalue weighted by atomic mass is 9.88. The average molecular weight is 260 g/mol. The van der Waals surface area contributed by atoms with Crippen molar-refractivity contribution in [2.75, 3.05) is 26.3 Å².